The topological polar surface area (TPSA) is 80.4 Å². The second-order valence-corrected chi connectivity index (χ2v) is 6.25. The number of amides is 1. The average Bonchev–Trinajstić information content (AvgIpc) is 3.23. The molecule has 6 heteroatoms. The molecule has 2 N–H and O–H groups in total. The van der Waals surface area contributed by atoms with Crippen molar-refractivity contribution in [3.05, 3.63) is 35.5 Å². The Morgan fingerprint density at radius 1 is 1.07 bits per heavy atom. The van der Waals surface area contributed by atoms with Crippen LogP contribution in [0.2, 0.25) is 0 Å². The third-order valence-electron chi connectivity index (χ3n) is 3.81. The lowest BCUT2D eigenvalue weighted by Crippen LogP contribution is -2.33. The van der Waals surface area contributed by atoms with Crippen LogP contribution in [0.25, 0.3) is 10.9 Å². The number of carbonyl (C=O) groups is 2. The van der Waals surface area contributed by atoms with Gasteiger partial charge >= 0.3 is 0 Å². The van der Waals surface area contributed by atoms with Gasteiger partial charge in [-0.1, -0.05) is 41.5 Å². The molecule has 2 rings (SSSR count). The molecule has 1 amide bonds. The molecular formula is C24H42N2O4. The molecule has 2 aromatic rings. The second-order valence-electron chi connectivity index (χ2n) is 6.25. The van der Waals surface area contributed by atoms with Crippen molar-refractivity contribution < 1.29 is 19.1 Å². The first kappa shape index (κ1) is 30.0. The number of aromatic nitrogens is 1. The predicted molar refractivity (Wildman–Crippen MR) is 127 cm³/mol. The van der Waals surface area contributed by atoms with Gasteiger partial charge in [0.25, 0.3) is 5.91 Å². The lowest BCUT2D eigenvalue weighted by molar-refractivity contribution is -0.0344. The maximum absolute atomic E-state index is 12.2. The Labute approximate surface area is 182 Å². The Kier molecular flexibility index (Phi) is 17.7. The van der Waals surface area contributed by atoms with Gasteiger partial charge in [-0.05, 0) is 44.5 Å². The quantitative estimate of drug-likeness (QED) is 0.406. The smallest absolute Gasteiger partial charge is 0.267 e. The summed E-state index contributed by atoms with van der Waals surface area (Å²) in [6, 6.07) is 6.98. The summed E-state index contributed by atoms with van der Waals surface area (Å²) in [5.74, 6) is -0.197. The number of rotatable bonds is 9. The molecule has 0 spiro atoms. The number of benzene rings is 1. The molecule has 0 aliphatic carbocycles. The summed E-state index contributed by atoms with van der Waals surface area (Å²) in [5.41, 5.74) is 1.59. The van der Waals surface area contributed by atoms with Crippen molar-refractivity contribution in [3.63, 3.8) is 0 Å². The van der Waals surface area contributed by atoms with Crippen LogP contribution in [0, 0.1) is 0 Å². The highest BCUT2D eigenvalue weighted by atomic mass is 16.5. The van der Waals surface area contributed by atoms with Gasteiger partial charge in [-0.3, -0.25) is 9.59 Å². The van der Waals surface area contributed by atoms with Crippen LogP contribution in [0.15, 0.2) is 24.3 Å². The number of H-pyrrole nitrogens is 1. The van der Waals surface area contributed by atoms with Crippen LogP contribution >= 0.6 is 0 Å². The number of ether oxygens (including phenoxy) is 2. The monoisotopic (exact) mass is 422 g/mol. The molecule has 1 heterocycles. The molecule has 0 saturated carbocycles. The summed E-state index contributed by atoms with van der Waals surface area (Å²) in [4.78, 5) is 26.0. The molecule has 0 fully saturated rings. The highest BCUT2D eigenvalue weighted by Gasteiger charge is 2.18. The summed E-state index contributed by atoms with van der Waals surface area (Å²) >= 11 is 0. The zero-order chi connectivity index (χ0) is 23.6. The number of fused-ring (bicyclic) bond motifs is 1. The number of hydrogen-bond acceptors (Lipinski definition) is 4. The van der Waals surface area contributed by atoms with Crippen molar-refractivity contribution in [3.8, 4) is 0 Å². The maximum atomic E-state index is 12.2. The van der Waals surface area contributed by atoms with Crippen molar-refractivity contribution in [2.75, 3.05) is 26.9 Å². The van der Waals surface area contributed by atoms with E-state index in [1.165, 1.54) is 0 Å². The molecule has 0 aliphatic rings. The highest BCUT2D eigenvalue weighted by molar-refractivity contribution is 5.99. The SMILES string of the molecule is CC.CC.CC.COCCC(C)(C)OCCNC(=O)c1cc2cc(C=O)ccc2[nH]1. The molecule has 0 radical (unpaired) electrons. The summed E-state index contributed by atoms with van der Waals surface area (Å²) in [6.07, 6.45) is 1.58. The van der Waals surface area contributed by atoms with Gasteiger partial charge in [-0.25, -0.2) is 0 Å². The number of methoxy groups -OCH3 is 1. The van der Waals surface area contributed by atoms with Crippen LogP contribution < -0.4 is 5.32 Å². The third-order valence-corrected chi connectivity index (χ3v) is 3.81. The number of aldehydes is 1. The average molecular weight is 423 g/mol. The van der Waals surface area contributed by atoms with Gasteiger partial charge in [-0.2, -0.15) is 0 Å². The Bertz CT molecular complexity index is 708. The van der Waals surface area contributed by atoms with Gasteiger partial charge < -0.3 is 19.8 Å². The molecule has 1 aromatic heterocycles. The number of carbonyl (C=O) groups excluding carboxylic acids is 2. The van der Waals surface area contributed by atoms with E-state index in [9.17, 15) is 9.59 Å². The fourth-order valence-electron chi connectivity index (χ4n) is 2.35. The zero-order valence-electron chi connectivity index (χ0n) is 20.3. The van der Waals surface area contributed by atoms with Crippen molar-refractivity contribution in [2.45, 2.75) is 67.4 Å². The van der Waals surface area contributed by atoms with Crippen LogP contribution in [0.5, 0.6) is 0 Å². The summed E-state index contributed by atoms with van der Waals surface area (Å²) in [5, 5.41) is 3.66. The van der Waals surface area contributed by atoms with E-state index >= 15 is 0 Å². The van der Waals surface area contributed by atoms with E-state index in [0.717, 1.165) is 23.6 Å². The Hall–Kier alpha value is -2.18. The lowest BCUT2D eigenvalue weighted by atomic mass is 10.1. The van der Waals surface area contributed by atoms with Gasteiger partial charge in [0, 0.05) is 36.7 Å². The minimum atomic E-state index is -0.285. The van der Waals surface area contributed by atoms with Gasteiger partial charge in [0.1, 0.15) is 12.0 Å². The van der Waals surface area contributed by atoms with E-state index in [0.29, 0.717) is 31.0 Å². The minimum absolute atomic E-state index is 0.197. The molecule has 1 aromatic carbocycles. The van der Waals surface area contributed by atoms with Crippen LogP contribution in [-0.4, -0.2) is 49.6 Å². The van der Waals surface area contributed by atoms with Crippen molar-refractivity contribution >= 4 is 23.1 Å². The van der Waals surface area contributed by atoms with Crippen LogP contribution in [0.1, 0.15) is 82.7 Å². The van der Waals surface area contributed by atoms with E-state index in [1.807, 2.05) is 55.4 Å². The van der Waals surface area contributed by atoms with E-state index in [4.69, 9.17) is 9.47 Å². The Morgan fingerprint density at radius 2 is 1.70 bits per heavy atom. The number of aromatic amines is 1. The fourth-order valence-corrected chi connectivity index (χ4v) is 2.35. The fraction of sp³-hybridized carbons (Fsp3) is 0.583. The van der Waals surface area contributed by atoms with Crippen LogP contribution in [0.4, 0.5) is 0 Å². The highest BCUT2D eigenvalue weighted by Crippen LogP contribution is 2.17. The molecule has 172 valence electrons. The first-order chi connectivity index (χ1) is 14.4. The standard InChI is InChI=1S/C18H24N2O4.3C2H6/c1-18(2,6-8-23-3)24-9-7-19-17(22)16-11-14-10-13(12-21)4-5-15(14)20-16;3*1-2/h4-5,10-12,20H,6-9H2,1-3H3,(H,19,22);3*1-2H3. The predicted octanol–water partition coefficient (Wildman–Crippen LogP) is 5.62. The molecule has 0 unspecified atom stereocenters. The van der Waals surface area contributed by atoms with Gasteiger partial charge in [0.15, 0.2) is 0 Å². The lowest BCUT2D eigenvalue weighted by Gasteiger charge is -2.25. The Morgan fingerprint density at radius 3 is 2.27 bits per heavy atom. The second kappa shape index (κ2) is 17.7. The molecule has 0 bridgehead atoms. The van der Waals surface area contributed by atoms with E-state index in [2.05, 4.69) is 10.3 Å². The van der Waals surface area contributed by atoms with Crippen LogP contribution in [0.3, 0.4) is 0 Å². The van der Waals surface area contributed by atoms with Crippen LogP contribution in [-0.2, 0) is 9.47 Å². The number of hydrogen-bond donors (Lipinski definition) is 2. The first-order valence-corrected chi connectivity index (χ1v) is 10.9. The Balaban J connectivity index is 0. The van der Waals surface area contributed by atoms with E-state index in [1.54, 1.807) is 31.4 Å². The minimum Gasteiger partial charge on any atom is -0.385 e. The largest absolute Gasteiger partial charge is 0.385 e. The molecule has 30 heavy (non-hydrogen) atoms. The first-order valence-electron chi connectivity index (χ1n) is 10.9. The maximum Gasteiger partial charge on any atom is 0.267 e. The zero-order valence-corrected chi connectivity index (χ0v) is 20.3. The van der Waals surface area contributed by atoms with Crippen molar-refractivity contribution in [2.24, 2.45) is 0 Å². The number of nitrogens with one attached hydrogen (secondary N) is 2. The molecular weight excluding hydrogens is 380 g/mol. The van der Waals surface area contributed by atoms with Gasteiger partial charge in [0.05, 0.1) is 12.2 Å². The summed E-state index contributed by atoms with van der Waals surface area (Å²) in [6.45, 7) is 17.5. The molecule has 0 aliphatic heterocycles. The van der Waals surface area contributed by atoms with E-state index in [-0.39, 0.29) is 11.5 Å². The van der Waals surface area contributed by atoms with Gasteiger partial charge in [0.2, 0.25) is 0 Å². The normalized spacial score (nSPS) is 9.90. The van der Waals surface area contributed by atoms with Crippen molar-refractivity contribution in [1.29, 1.82) is 0 Å². The molecule has 0 saturated heterocycles. The molecule has 0 atom stereocenters. The summed E-state index contributed by atoms with van der Waals surface area (Å²) < 4.78 is 10.8. The van der Waals surface area contributed by atoms with E-state index < -0.39 is 0 Å². The molecule has 6 nitrogen and oxygen atoms in total. The third kappa shape index (κ3) is 11.1. The van der Waals surface area contributed by atoms with Crippen molar-refractivity contribution in [1.82, 2.24) is 10.3 Å². The summed E-state index contributed by atoms with van der Waals surface area (Å²) in [7, 11) is 1.66. The van der Waals surface area contributed by atoms with Gasteiger partial charge in [-0.15, -0.1) is 0 Å².